The highest BCUT2D eigenvalue weighted by atomic mass is 19.4. The number of hydrogen-bond donors (Lipinski definition) is 1. The molecule has 0 fully saturated rings. The summed E-state index contributed by atoms with van der Waals surface area (Å²) in [6.07, 6.45) is -3.32. The molecule has 0 unspecified atom stereocenters. The highest BCUT2D eigenvalue weighted by Crippen LogP contribution is 2.26. The van der Waals surface area contributed by atoms with Crippen molar-refractivity contribution in [3.63, 3.8) is 0 Å². The van der Waals surface area contributed by atoms with Crippen molar-refractivity contribution < 1.29 is 13.2 Å². The molecule has 74 valence electrons. The van der Waals surface area contributed by atoms with Crippen molar-refractivity contribution in [3.05, 3.63) is 18.1 Å². The minimum atomic E-state index is -4.58. The van der Waals surface area contributed by atoms with Gasteiger partial charge in [-0.25, -0.2) is 4.98 Å². The van der Waals surface area contributed by atoms with Gasteiger partial charge in [0.05, 0.1) is 0 Å². The van der Waals surface area contributed by atoms with Gasteiger partial charge >= 0.3 is 6.18 Å². The van der Waals surface area contributed by atoms with Gasteiger partial charge in [-0.3, -0.25) is 0 Å². The summed E-state index contributed by atoms with van der Waals surface area (Å²) in [6, 6.07) is 1.34. The van der Waals surface area contributed by atoms with E-state index in [1.54, 1.807) is 0 Å². The van der Waals surface area contributed by atoms with Crippen molar-refractivity contribution in [1.29, 1.82) is 0 Å². The lowest BCUT2D eigenvalue weighted by Gasteiger charge is -1.97. The molecule has 0 bridgehead atoms. The van der Waals surface area contributed by atoms with Crippen LogP contribution in [-0.4, -0.2) is 19.6 Å². The minimum Gasteiger partial charge on any atom is -0.383 e. The Morgan fingerprint density at radius 2 is 2.07 bits per heavy atom. The van der Waals surface area contributed by atoms with Crippen LogP contribution in [0.1, 0.15) is 5.82 Å². The van der Waals surface area contributed by atoms with Crippen molar-refractivity contribution in [2.24, 2.45) is 0 Å². The first-order valence-electron chi connectivity index (χ1n) is 3.53. The van der Waals surface area contributed by atoms with E-state index in [1.165, 1.54) is 12.3 Å². The first kappa shape index (κ1) is 8.73. The fraction of sp³-hybridized carbons (Fsp3) is 0.167. The van der Waals surface area contributed by atoms with E-state index in [4.69, 9.17) is 5.73 Å². The normalized spacial score (nSPS) is 12.2. The summed E-state index contributed by atoms with van der Waals surface area (Å²) in [5, 5.41) is 3.18. The predicted molar refractivity (Wildman–Crippen MR) is 40.2 cm³/mol. The second-order valence-electron chi connectivity index (χ2n) is 2.51. The molecule has 2 rings (SSSR count). The molecule has 0 saturated heterocycles. The number of nitrogens with two attached hydrogens (primary N) is 1. The van der Waals surface area contributed by atoms with Gasteiger partial charge in [-0.1, -0.05) is 0 Å². The molecular formula is C6H4F3N5. The van der Waals surface area contributed by atoms with Crippen molar-refractivity contribution in [1.82, 2.24) is 19.6 Å². The van der Waals surface area contributed by atoms with E-state index in [0.717, 1.165) is 4.52 Å². The number of nitrogens with zero attached hydrogens (tertiary/aromatic N) is 4. The SMILES string of the molecule is Nc1ccnc2nc(C(F)(F)F)nn12. The zero-order chi connectivity index (χ0) is 10.3. The van der Waals surface area contributed by atoms with Crippen LogP contribution < -0.4 is 5.73 Å². The quantitative estimate of drug-likeness (QED) is 0.685. The maximum Gasteiger partial charge on any atom is 0.453 e. The van der Waals surface area contributed by atoms with Crippen LogP contribution in [0.15, 0.2) is 12.3 Å². The number of anilines is 1. The lowest BCUT2D eigenvalue weighted by Crippen LogP contribution is -2.08. The van der Waals surface area contributed by atoms with Gasteiger partial charge in [0, 0.05) is 6.20 Å². The highest BCUT2D eigenvalue weighted by molar-refractivity contribution is 5.38. The van der Waals surface area contributed by atoms with E-state index in [-0.39, 0.29) is 11.6 Å². The van der Waals surface area contributed by atoms with Crippen molar-refractivity contribution >= 4 is 11.6 Å². The number of fused-ring (bicyclic) bond motifs is 1. The second kappa shape index (κ2) is 2.56. The molecule has 0 spiro atoms. The van der Waals surface area contributed by atoms with E-state index >= 15 is 0 Å². The Morgan fingerprint density at radius 3 is 2.64 bits per heavy atom. The standard InChI is InChI=1S/C6H4F3N5/c7-6(8,9)4-12-5-11-2-1-3(10)14(5)13-4/h1-2H,10H2. The number of halogens is 3. The maximum atomic E-state index is 12.2. The molecule has 2 aromatic rings. The molecule has 0 radical (unpaired) electrons. The molecular weight excluding hydrogens is 199 g/mol. The van der Waals surface area contributed by atoms with Gasteiger partial charge < -0.3 is 5.73 Å². The summed E-state index contributed by atoms with van der Waals surface area (Å²) in [4.78, 5) is 6.77. The van der Waals surface area contributed by atoms with Gasteiger partial charge in [0.2, 0.25) is 0 Å². The van der Waals surface area contributed by atoms with E-state index in [9.17, 15) is 13.2 Å². The summed E-state index contributed by atoms with van der Waals surface area (Å²) in [7, 11) is 0. The molecule has 5 nitrogen and oxygen atoms in total. The Morgan fingerprint density at radius 1 is 1.36 bits per heavy atom. The predicted octanol–water partition coefficient (Wildman–Crippen LogP) is 0.725. The average Bonchev–Trinajstić information content (AvgIpc) is 2.48. The van der Waals surface area contributed by atoms with Crippen LogP contribution in [-0.2, 0) is 6.18 Å². The molecule has 0 atom stereocenters. The Bertz CT molecular complexity index is 474. The smallest absolute Gasteiger partial charge is 0.383 e. The van der Waals surface area contributed by atoms with Crippen LogP contribution in [0.25, 0.3) is 5.78 Å². The van der Waals surface area contributed by atoms with Crippen molar-refractivity contribution in [2.45, 2.75) is 6.18 Å². The van der Waals surface area contributed by atoms with Gasteiger partial charge in [0.25, 0.3) is 11.6 Å². The molecule has 2 N–H and O–H groups in total. The van der Waals surface area contributed by atoms with Gasteiger partial charge in [-0.05, 0) is 6.07 Å². The van der Waals surface area contributed by atoms with Crippen LogP contribution in [0.5, 0.6) is 0 Å². The van der Waals surface area contributed by atoms with Crippen LogP contribution in [0, 0.1) is 0 Å². The number of hydrogen-bond acceptors (Lipinski definition) is 4. The van der Waals surface area contributed by atoms with Crippen molar-refractivity contribution in [3.8, 4) is 0 Å². The molecule has 8 heteroatoms. The minimum absolute atomic E-state index is 0.0537. The average molecular weight is 203 g/mol. The first-order chi connectivity index (χ1) is 6.48. The monoisotopic (exact) mass is 203 g/mol. The molecule has 2 heterocycles. The molecule has 0 amide bonds. The highest BCUT2D eigenvalue weighted by Gasteiger charge is 2.36. The number of alkyl halides is 3. The Hall–Kier alpha value is -1.86. The molecule has 2 aromatic heterocycles. The van der Waals surface area contributed by atoms with E-state index in [2.05, 4.69) is 15.1 Å². The van der Waals surface area contributed by atoms with E-state index < -0.39 is 12.0 Å². The molecule has 0 saturated carbocycles. The summed E-state index contributed by atoms with van der Waals surface area (Å²) in [5.74, 6) is -1.36. The van der Waals surface area contributed by atoms with Crippen LogP contribution in [0.3, 0.4) is 0 Å². The van der Waals surface area contributed by atoms with Gasteiger partial charge in [0.1, 0.15) is 5.82 Å². The lowest BCUT2D eigenvalue weighted by atomic mass is 10.6. The number of rotatable bonds is 0. The zero-order valence-electron chi connectivity index (χ0n) is 6.65. The third-order valence-corrected chi connectivity index (χ3v) is 1.52. The topological polar surface area (TPSA) is 69.1 Å². The number of nitrogen functional groups attached to an aromatic ring is 1. The van der Waals surface area contributed by atoms with Crippen LogP contribution in [0.4, 0.5) is 19.0 Å². The molecule has 14 heavy (non-hydrogen) atoms. The van der Waals surface area contributed by atoms with E-state index in [0.29, 0.717) is 0 Å². The fourth-order valence-corrected chi connectivity index (χ4v) is 0.932. The molecule has 0 aliphatic heterocycles. The van der Waals surface area contributed by atoms with Crippen molar-refractivity contribution in [2.75, 3.05) is 5.73 Å². The first-order valence-corrected chi connectivity index (χ1v) is 3.53. The Labute approximate surface area is 75.4 Å². The summed E-state index contributed by atoms with van der Waals surface area (Å²) < 4.78 is 37.3. The lowest BCUT2D eigenvalue weighted by molar-refractivity contribution is -0.144. The van der Waals surface area contributed by atoms with Gasteiger partial charge in [-0.2, -0.15) is 22.7 Å². The van der Waals surface area contributed by atoms with Gasteiger partial charge in [0.15, 0.2) is 0 Å². The zero-order valence-corrected chi connectivity index (χ0v) is 6.65. The van der Waals surface area contributed by atoms with E-state index in [1.807, 2.05) is 0 Å². The third-order valence-electron chi connectivity index (χ3n) is 1.52. The van der Waals surface area contributed by atoms with Gasteiger partial charge in [-0.15, -0.1) is 5.10 Å². The molecule has 0 aliphatic carbocycles. The molecule has 0 aliphatic rings. The largest absolute Gasteiger partial charge is 0.453 e. The fourth-order valence-electron chi connectivity index (χ4n) is 0.932. The van der Waals surface area contributed by atoms with Crippen LogP contribution >= 0.6 is 0 Å². The number of aromatic nitrogens is 4. The maximum absolute atomic E-state index is 12.2. The Balaban J connectivity index is 2.69. The third kappa shape index (κ3) is 1.24. The Kier molecular flexibility index (Phi) is 1.60. The molecule has 0 aromatic carbocycles. The van der Waals surface area contributed by atoms with Crippen LogP contribution in [0.2, 0.25) is 0 Å². The summed E-state index contributed by atoms with van der Waals surface area (Å²) >= 11 is 0. The summed E-state index contributed by atoms with van der Waals surface area (Å²) in [5.41, 5.74) is 5.37. The second-order valence-corrected chi connectivity index (χ2v) is 2.51. The summed E-state index contributed by atoms with van der Waals surface area (Å²) in [6.45, 7) is 0.